The third kappa shape index (κ3) is 3.86. The summed E-state index contributed by atoms with van der Waals surface area (Å²) in [6.07, 6.45) is 5.94. The minimum Gasteiger partial charge on any atom is -0.383 e. The van der Waals surface area contributed by atoms with Gasteiger partial charge in [0.15, 0.2) is 0 Å². The molecule has 1 fully saturated rings. The number of nitrogens with zero attached hydrogens (tertiary/aromatic N) is 4. The van der Waals surface area contributed by atoms with Gasteiger partial charge in [0, 0.05) is 38.9 Å². The van der Waals surface area contributed by atoms with E-state index in [1.165, 1.54) is 0 Å². The zero-order valence-electron chi connectivity index (χ0n) is 14.9. The molecule has 3 heterocycles. The molecule has 1 aliphatic rings. The first-order chi connectivity index (χ1) is 12.1. The standard InChI is InChI=1S/C17H26N4O3S/c1-3-4-11-25(22,23)20-8-6-14(13-20)17-19-15-5-7-18-12-16(15)21(17)9-10-24-2/h5,7,12,14H,3-4,6,8-11,13H2,1-2H3/t14-/m0/s1. The van der Waals surface area contributed by atoms with Gasteiger partial charge in [0.1, 0.15) is 5.82 Å². The van der Waals surface area contributed by atoms with Crippen LogP contribution in [0.4, 0.5) is 0 Å². The highest BCUT2D eigenvalue weighted by atomic mass is 32.2. The van der Waals surface area contributed by atoms with Crippen molar-refractivity contribution in [3.8, 4) is 0 Å². The molecular formula is C17H26N4O3S. The summed E-state index contributed by atoms with van der Waals surface area (Å²) >= 11 is 0. The second kappa shape index (κ2) is 7.80. The molecule has 0 N–H and O–H groups in total. The summed E-state index contributed by atoms with van der Waals surface area (Å²) in [6.45, 7) is 4.36. The van der Waals surface area contributed by atoms with E-state index in [2.05, 4.69) is 9.55 Å². The molecule has 0 amide bonds. The number of methoxy groups -OCH3 is 1. The highest BCUT2D eigenvalue weighted by Crippen LogP contribution is 2.31. The van der Waals surface area contributed by atoms with Crippen LogP contribution in [0.25, 0.3) is 11.0 Å². The van der Waals surface area contributed by atoms with Gasteiger partial charge in [-0.2, -0.15) is 0 Å². The number of unbranched alkanes of at least 4 members (excludes halogenated alkanes) is 1. The molecule has 0 unspecified atom stereocenters. The molecule has 0 bridgehead atoms. The van der Waals surface area contributed by atoms with Crippen LogP contribution in [-0.4, -0.2) is 59.8 Å². The number of sulfonamides is 1. The zero-order chi connectivity index (χ0) is 17.9. The molecule has 2 aromatic rings. The molecule has 0 aliphatic carbocycles. The molecule has 0 radical (unpaired) electrons. The predicted molar refractivity (Wildman–Crippen MR) is 97.0 cm³/mol. The van der Waals surface area contributed by atoms with E-state index in [9.17, 15) is 8.42 Å². The maximum atomic E-state index is 12.5. The van der Waals surface area contributed by atoms with Gasteiger partial charge in [-0.05, 0) is 18.9 Å². The average Bonchev–Trinajstić information content (AvgIpc) is 3.23. The fourth-order valence-electron chi connectivity index (χ4n) is 3.37. The first kappa shape index (κ1) is 18.3. The molecule has 1 saturated heterocycles. The maximum absolute atomic E-state index is 12.5. The lowest BCUT2D eigenvalue weighted by atomic mass is 10.1. The third-order valence-electron chi connectivity index (χ3n) is 4.76. The lowest BCUT2D eigenvalue weighted by Gasteiger charge is -2.17. The van der Waals surface area contributed by atoms with Gasteiger partial charge in [-0.3, -0.25) is 4.98 Å². The lowest BCUT2D eigenvalue weighted by Crippen LogP contribution is -2.31. The Labute approximate surface area is 149 Å². The summed E-state index contributed by atoms with van der Waals surface area (Å²) in [5.41, 5.74) is 1.87. The molecule has 138 valence electrons. The molecule has 2 aromatic heterocycles. The topological polar surface area (TPSA) is 77.3 Å². The fourth-order valence-corrected chi connectivity index (χ4v) is 5.07. The van der Waals surface area contributed by atoms with Crippen molar-refractivity contribution in [3.63, 3.8) is 0 Å². The zero-order valence-corrected chi connectivity index (χ0v) is 15.7. The van der Waals surface area contributed by atoms with Gasteiger partial charge in [0.25, 0.3) is 0 Å². The van der Waals surface area contributed by atoms with E-state index in [0.717, 1.165) is 29.7 Å². The molecule has 0 aromatic carbocycles. The van der Waals surface area contributed by atoms with E-state index in [4.69, 9.17) is 9.72 Å². The second-order valence-electron chi connectivity index (χ2n) is 6.49. The molecule has 1 aliphatic heterocycles. The Morgan fingerprint density at radius 2 is 2.24 bits per heavy atom. The van der Waals surface area contributed by atoms with E-state index in [0.29, 0.717) is 32.7 Å². The summed E-state index contributed by atoms with van der Waals surface area (Å²) < 4.78 is 33.9. The second-order valence-corrected chi connectivity index (χ2v) is 8.58. The number of aromatic nitrogens is 3. The van der Waals surface area contributed by atoms with Crippen molar-refractivity contribution in [1.29, 1.82) is 0 Å². The van der Waals surface area contributed by atoms with Crippen LogP contribution in [0.3, 0.4) is 0 Å². The minimum atomic E-state index is -3.16. The van der Waals surface area contributed by atoms with Gasteiger partial charge in [-0.25, -0.2) is 17.7 Å². The number of hydrogen-bond acceptors (Lipinski definition) is 5. The highest BCUT2D eigenvalue weighted by molar-refractivity contribution is 7.89. The van der Waals surface area contributed by atoms with Crippen LogP contribution in [0.5, 0.6) is 0 Å². The highest BCUT2D eigenvalue weighted by Gasteiger charge is 2.34. The molecule has 25 heavy (non-hydrogen) atoms. The van der Waals surface area contributed by atoms with Crippen LogP contribution < -0.4 is 0 Å². The van der Waals surface area contributed by atoms with Gasteiger partial charge in [0.05, 0.1) is 29.6 Å². The number of pyridine rings is 1. The van der Waals surface area contributed by atoms with Crippen LogP contribution in [0.1, 0.15) is 37.9 Å². The number of imidazole rings is 1. The molecule has 0 saturated carbocycles. The van der Waals surface area contributed by atoms with E-state index in [1.54, 1.807) is 17.6 Å². The number of fused-ring (bicyclic) bond motifs is 1. The minimum absolute atomic E-state index is 0.112. The molecule has 3 rings (SSSR count). The summed E-state index contributed by atoms with van der Waals surface area (Å²) in [7, 11) is -1.49. The van der Waals surface area contributed by atoms with Crippen molar-refractivity contribution < 1.29 is 13.2 Å². The molecule has 0 spiro atoms. The molecule has 7 nitrogen and oxygen atoms in total. The Kier molecular flexibility index (Phi) is 5.71. The van der Waals surface area contributed by atoms with Crippen LogP contribution in [0, 0.1) is 0 Å². The first-order valence-electron chi connectivity index (χ1n) is 8.83. The van der Waals surface area contributed by atoms with E-state index in [1.807, 2.05) is 19.2 Å². The van der Waals surface area contributed by atoms with Gasteiger partial charge in [0.2, 0.25) is 10.0 Å². The van der Waals surface area contributed by atoms with E-state index in [-0.39, 0.29) is 11.7 Å². The van der Waals surface area contributed by atoms with Crippen LogP contribution in [-0.2, 0) is 21.3 Å². The van der Waals surface area contributed by atoms with Crippen molar-refractivity contribution in [2.45, 2.75) is 38.6 Å². The van der Waals surface area contributed by atoms with Crippen molar-refractivity contribution >= 4 is 21.1 Å². The van der Waals surface area contributed by atoms with Gasteiger partial charge in [-0.15, -0.1) is 0 Å². The van der Waals surface area contributed by atoms with E-state index < -0.39 is 10.0 Å². The third-order valence-corrected chi connectivity index (χ3v) is 6.69. The van der Waals surface area contributed by atoms with Crippen LogP contribution in [0.15, 0.2) is 18.5 Å². The Morgan fingerprint density at radius 3 is 3.00 bits per heavy atom. The lowest BCUT2D eigenvalue weighted by molar-refractivity contribution is 0.187. The summed E-state index contributed by atoms with van der Waals surface area (Å²) in [5, 5.41) is 0. The Bertz CT molecular complexity index is 818. The SMILES string of the molecule is CCCCS(=O)(=O)N1CC[C@H](c2nc3ccncc3n2CCOC)C1. The van der Waals surface area contributed by atoms with Gasteiger partial charge < -0.3 is 9.30 Å². The smallest absolute Gasteiger partial charge is 0.214 e. The van der Waals surface area contributed by atoms with Crippen LogP contribution >= 0.6 is 0 Å². The Balaban J connectivity index is 1.85. The number of ether oxygens (including phenoxy) is 1. The molecule has 8 heteroatoms. The largest absolute Gasteiger partial charge is 0.383 e. The van der Waals surface area contributed by atoms with E-state index >= 15 is 0 Å². The van der Waals surface area contributed by atoms with Crippen molar-refractivity contribution in [2.24, 2.45) is 0 Å². The Morgan fingerprint density at radius 1 is 1.40 bits per heavy atom. The van der Waals surface area contributed by atoms with Gasteiger partial charge >= 0.3 is 0 Å². The molecular weight excluding hydrogens is 340 g/mol. The van der Waals surface area contributed by atoms with Crippen molar-refractivity contribution in [3.05, 3.63) is 24.3 Å². The summed E-state index contributed by atoms with van der Waals surface area (Å²) in [5.74, 6) is 1.29. The molecule has 1 atom stereocenters. The number of rotatable bonds is 8. The quantitative estimate of drug-likeness (QED) is 0.714. The van der Waals surface area contributed by atoms with Gasteiger partial charge in [-0.1, -0.05) is 13.3 Å². The van der Waals surface area contributed by atoms with Crippen LogP contribution in [0.2, 0.25) is 0 Å². The monoisotopic (exact) mass is 366 g/mol. The number of hydrogen-bond donors (Lipinski definition) is 0. The maximum Gasteiger partial charge on any atom is 0.214 e. The summed E-state index contributed by atoms with van der Waals surface area (Å²) in [4.78, 5) is 8.97. The first-order valence-corrected chi connectivity index (χ1v) is 10.4. The van der Waals surface area contributed by atoms with Crippen molar-refractivity contribution in [2.75, 3.05) is 32.6 Å². The predicted octanol–water partition coefficient (Wildman–Crippen LogP) is 2.00. The Hall–Kier alpha value is -1.51. The average molecular weight is 366 g/mol. The fraction of sp³-hybridized carbons (Fsp3) is 0.647. The summed E-state index contributed by atoms with van der Waals surface area (Å²) in [6, 6.07) is 1.90. The van der Waals surface area contributed by atoms with Crippen molar-refractivity contribution in [1.82, 2.24) is 18.8 Å². The normalized spacial score (nSPS) is 19.0.